The molecule has 0 atom stereocenters. The van der Waals surface area contributed by atoms with Gasteiger partial charge < -0.3 is 14.9 Å². The molecule has 0 fully saturated rings. The van der Waals surface area contributed by atoms with Gasteiger partial charge in [-0.1, -0.05) is 12.1 Å². The van der Waals surface area contributed by atoms with Crippen LogP contribution in [0.4, 0.5) is 5.82 Å². The first-order chi connectivity index (χ1) is 11.6. The van der Waals surface area contributed by atoms with Gasteiger partial charge >= 0.3 is 0 Å². The van der Waals surface area contributed by atoms with Gasteiger partial charge in [0.25, 0.3) is 0 Å². The molecule has 0 saturated heterocycles. The summed E-state index contributed by atoms with van der Waals surface area (Å²) in [5.41, 5.74) is 8.78. The van der Waals surface area contributed by atoms with E-state index in [1.807, 2.05) is 55.5 Å². The average molecular weight is 320 g/mol. The third-order valence-corrected chi connectivity index (χ3v) is 3.83. The third-order valence-electron chi connectivity index (χ3n) is 3.83. The van der Waals surface area contributed by atoms with E-state index in [4.69, 9.17) is 14.9 Å². The van der Waals surface area contributed by atoms with Gasteiger partial charge in [0.15, 0.2) is 11.4 Å². The lowest BCUT2D eigenvalue weighted by atomic mass is 10.1. The van der Waals surface area contributed by atoms with Gasteiger partial charge in [0.1, 0.15) is 17.3 Å². The molecule has 0 bridgehead atoms. The number of hydrogen-bond donors (Lipinski definition) is 1. The van der Waals surface area contributed by atoms with Crippen LogP contribution in [0.1, 0.15) is 5.76 Å². The minimum Gasteiger partial charge on any atom is -0.497 e. The quantitative estimate of drug-likeness (QED) is 0.624. The van der Waals surface area contributed by atoms with Crippen molar-refractivity contribution >= 4 is 11.5 Å². The Balaban J connectivity index is 1.84. The van der Waals surface area contributed by atoms with Crippen LogP contribution in [0.25, 0.3) is 28.4 Å². The highest BCUT2D eigenvalue weighted by Crippen LogP contribution is 2.28. The Bertz CT molecular complexity index is 1030. The molecule has 24 heavy (non-hydrogen) atoms. The number of fused-ring (bicyclic) bond motifs is 1. The molecule has 3 aromatic heterocycles. The summed E-state index contributed by atoms with van der Waals surface area (Å²) in [6.07, 6.45) is 0. The van der Waals surface area contributed by atoms with Crippen LogP contribution in [0, 0.1) is 6.92 Å². The van der Waals surface area contributed by atoms with Crippen LogP contribution in [0.5, 0.6) is 5.75 Å². The van der Waals surface area contributed by atoms with E-state index < -0.39 is 0 Å². The van der Waals surface area contributed by atoms with Crippen molar-refractivity contribution < 1.29 is 9.15 Å². The molecule has 0 aliphatic carbocycles. The predicted octanol–water partition coefficient (Wildman–Crippen LogP) is 3.56. The van der Waals surface area contributed by atoms with Crippen LogP contribution in [-0.2, 0) is 0 Å². The number of aromatic nitrogens is 3. The van der Waals surface area contributed by atoms with Crippen molar-refractivity contribution in [2.45, 2.75) is 6.92 Å². The largest absolute Gasteiger partial charge is 0.497 e. The van der Waals surface area contributed by atoms with Crippen molar-refractivity contribution in [2.75, 3.05) is 12.8 Å². The zero-order valence-electron chi connectivity index (χ0n) is 13.4. The first-order valence-electron chi connectivity index (χ1n) is 7.51. The molecular weight excluding hydrogens is 304 g/mol. The smallest absolute Gasteiger partial charge is 0.217 e. The molecule has 0 saturated carbocycles. The monoisotopic (exact) mass is 320 g/mol. The molecule has 4 rings (SSSR count). The molecule has 0 aliphatic heterocycles. The summed E-state index contributed by atoms with van der Waals surface area (Å²) in [6, 6.07) is 15.3. The van der Waals surface area contributed by atoms with E-state index in [0.717, 1.165) is 22.6 Å². The zero-order chi connectivity index (χ0) is 16.7. The number of aryl methyl sites for hydroxylation is 1. The second-order valence-corrected chi connectivity index (χ2v) is 5.52. The Hall–Kier alpha value is -3.28. The van der Waals surface area contributed by atoms with E-state index >= 15 is 0 Å². The van der Waals surface area contributed by atoms with E-state index in [1.54, 1.807) is 11.6 Å². The Morgan fingerprint density at radius 1 is 1.08 bits per heavy atom. The summed E-state index contributed by atoms with van der Waals surface area (Å²) in [6.45, 7) is 1.88. The highest BCUT2D eigenvalue weighted by atomic mass is 16.5. The first kappa shape index (κ1) is 14.3. The van der Waals surface area contributed by atoms with Gasteiger partial charge in [0, 0.05) is 0 Å². The van der Waals surface area contributed by atoms with Crippen LogP contribution in [0.2, 0.25) is 0 Å². The van der Waals surface area contributed by atoms with E-state index in [9.17, 15) is 0 Å². The number of nitrogens with two attached hydrogens (primary N) is 1. The van der Waals surface area contributed by atoms with Crippen molar-refractivity contribution in [3.8, 4) is 28.5 Å². The Morgan fingerprint density at radius 3 is 2.71 bits per heavy atom. The number of rotatable bonds is 3. The standard InChI is InChI=1S/C18H16N4O2/c1-11-6-7-15(24-11)18-20-17-10-13(9-16(19)22(17)21-18)12-4-3-5-14(8-12)23-2/h3-10H,19H2,1-2H3. The molecular formula is C18H16N4O2. The van der Waals surface area contributed by atoms with Gasteiger partial charge in [-0.3, -0.25) is 0 Å². The number of nitrogen functional groups attached to an aromatic ring is 1. The molecule has 0 radical (unpaired) electrons. The number of furan rings is 1. The summed E-state index contributed by atoms with van der Waals surface area (Å²) >= 11 is 0. The lowest BCUT2D eigenvalue weighted by Gasteiger charge is -2.06. The zero-order valence-corrected chi connectivity index (χ0v) is 13.4. The van der Waals surface area contributed by atoms with Crippen molar-refractivity contribution in [2.24, 2.45) is 0 Å². The van der Waals surface area contributed by atoms with Crippen molar-refractivity contribution in [3.05, 3.63) is 54.3 Å². The van der Waals surface area contributed by atoms with Crippen LogP contribution < -0.4 is 10.5 Å². The number of anilines is 1. The fourth-order valence-corrected chi connectivity index (χ4v) is 2.64. The fourth-order valence-electron chi connectivity index (χ4n) is 2.64. The molecule has 4 aromatic rings. The molecule has 6 nitrogen and oxygen atoms in total. The molecule has 3 heterocycles. The molecule has 6 heteroatoms. The lowest BCUT2D eigenvalue weighted by molar-refractivity contribution is 0.415. The highest BCUT2D eigenvalue weighted by Gasteiger charge is 2.13. The Labute approximate surface area is 138 Å². The van der Waals surface area contributed by atoms with Crippen LogP contribution in [0.3, 0.4) is 0 Å². The normalized spacial score (nSPS) is 11.1. The molecule has 0 spiro atoms. The van der Waals surface area contributed by atoms with E-state index in [2.05, 4.69) is 10.1 Å². The van der Waals surface area contributed by atoms with E-state index in [0.29, 0.717) is 23.0 Å². The van der Waals surface area contributed by atoms with Crippen molar-refractivity contribution in [3.63, 3.8) is 0 Å². The van der Waals surface area contributed by atoms with Gasteiger partial charge in [-0.05, 0) is 54.4 Å². The van der Waals surface area contributed by atoms with Gasteiger partial charge in [-0.15, -0.1) is 5.10 Å². The minimum absolute atomic E-state index is 0.507. The third kappa shape index (κ3) is 2.38. The maximum atomic E-state index is 6.16. The van der Waals surface area contributed by atoms with E-state index in [-0.39, 0.29) is 0 Å². The van der Waals surface area contributed by atoms with E-state index in [1.165, 1.54) is 0 Å². The van der Waals surface area contributed by atoms with Gasteiger partial charge in [-0.2, -0.15) is 4.52 Å². The maximum absolute atomic E-state index is 6.16. The molecule has 1 aromatic carbocycles. The number of hydrogen-bond acceptors (Lipinski definition) is 5. The summed E-state index contributed by atoms with van der Waals surface area (Å²) < 4.78 is 12.5. The topological polar surface area (TPSA) is 78.6 Å². The van der Waals surface area contributed by atoms with Crippen molar-refractivity contribution in [1.82, 2.24) is 14.6 Å². The number of methoxy groups -OCH3 is 1. The predicted molar refractivity (Wildman–Crippen MR) is 91.8 cm³/mol. The fraction of sp³-hybridized carbons (Fsp3) is 0.111. The molecule has 0 unspecified atom stereocenters. The summed E-state index contributed by atoms with van der Waals surface area (Å²) in [4.78, 5) is 4.53. The molecule has 2 N–H and O–H groups in total. The van der Waals surface area contributed by atoms with Crippen molar-refractivity contribution in [1.29, 1.82) is 0 Å². The van der Waals surface area contributed by atoms with Crippen LogP contribution in [0.15, 0.2) is 52.9 Å². The molecule has 120 valence electrons. The second kappa shape index (κ2) is 5.42. The van der Waals surface area contributed by atoms with Gasteiger partial charge in [-0.25, -0.2) is 4.98 Å². The first-order valence-corrected chi connectivity index (χ1v) is 7.51. The average Bonchev–Trinajstić information content (AvgIpc) is 3.21. The Kier molecular flexibility index (Phi) is 3.23. The van der Waals surface area contributed by atoms with Gasteiger partial charge in [0.2, 0.25) is 5.82 Å². The number of benzene rings is 1. The maximum Gasteiger partial charge on any atom is 0.217 e. The van der Waals surface area contributed by atoms with Gasteiger partial charge in [0.05, 0.1) is 7.11 Å². The van der Waals surface area contributed by atoms with Crippen LogP contribution >= 0.6 is 0 Å². The molecule has 0 amide bonds. The molecule has 0 aliphatic rings. The van der Waals surface area contributed by atoms with Crippen LogP contribution in [-0.4, -0.2) is 21.7 Å². The summed E-state index contributed by atoms with van der Waals surface area (Å²) in [7, 11) is 1.65. The second-order valence-electron chi connectivity index (χ2n) is 5.52. The number of ether oxygens (including phenoxy) is 1. The minimum atomic E-state index is 0.507. The summed E-state index contributed by atoms with van der Waals surface area (Å²) in [5, 5.41) is 4.43. The Morgan fingerprint density at radius 2 is 1.96 bits per heavy atom. The number of pyridine rings is 1. The SMILES string of the molecule is COc1cccc(-c2cc(N)n3nc(-c4ccc(C)o4)nc3c2)c1. The summed E-state index contributed by atoms with van der Waals surface area (Å²) in [5.74, 6) is 3.25. The number of nitrogens with zero attached hydrogens (tertiary/aromatic N) is 3. The lowest BCUT2D eigenvalue weighted by Crippen LogP contribution is -1.99. The highest BCUT2D eigenvalue weighted by molar-refractivity contribution is 5.72.